The third-order valence-electron chi connectivity index (χ3n) is 8.90. The van der Waals surface area contributed by atoms with Crippen LogP contribution in [0.3, 0.4) is 0 Å². The molecule has 2 aliphatic heterocycles. The summed E-state index contributed by atoms with van der Waals surface area (Å²) in [4.78, 5) is 31.7. The van der Waals surface area contributed by atoms with Crippen LogP contribution in [0.25, 0.3) is 0 Å². The fourth-order valence-electron chi connectivity index (χ4n) is 6.57. The van der Waals surface area contributed by atoms with Crippen LogP contribution in [0.5, 0.6) is 11.5 Å². The average Bonchev–Trinajstić information content (AvgIpc) is 2.95. The summed E-state index contributed by atoms with van der Waals surface area (Å²) in [5.74, 6) is 1.57. The molecule has 2 saturated heterocycles. The molecule has 2 N–H and O–H groups in total. The molecule has 7 nitrogen and oxygen atoms in total. The number of ether oxygens (including phenoxy) is 1. The van der Waals surface area contributed by atoms with Crippen LogP contribution in [0, 0.1) is 0 Å². The van der Waals surface area contributed by atoms with Crippen molar-refractivity contribution in [3.05, 3.63) is 60.2 Å². The molecule has 1 aliphatic carbocycles. The van der Waals surface area contributed by atoms with Crippen molar-refractivity contribution in [2.24, 2.45) is 0 Å². The van der Waals surface area contributed by atoms with Crippen LogP contribution in [0.2, 0.25) is 0 Å². The first-order valence-electron chi connectivity index (χ1n) is 14.8. The number of piperidine rings is 1. The lowest BCUT2D eigenvalue weighted by atomic mass is 9.77. The highest BCUT2D eigenvalue weighted by molar-refractivity contribution is 6.00. The molecule has 0 bridgehead atoms. The van der Waals surface area contributed by atoms with Gasteiger partial charge in [-0.2, -0.15) is 0 Å². The first kappa shape index (κ1) is 27.7. The van der Waals surface area contributed by atoms with Crippen LogP contribution in [0.1, 0.15) is 76.7 Å². The van der Waals surface area contributed by atoms with Crippen molar-refractivity contribution in [3.8, 4) is 11.5 Å². The lowest BCUT2D eigenvalue weighted by molar-refractivity contribution is -0.163. The molecule has 1 spiro atoms. The molecule has 3 fully saturated rings. The molecule has 210 valence electrons. The van der Waals surface area contributed by atoms with E-state index in [1.807, 2.05) is 47.4 Å². The minimum atomic E-state index is -0.849. The number of aliphatic hydroxyl groups is 1. The summed E-state index contributed by atoms with van der Waals surface area (Å²) in [6, 6.07) is 17.3. The summed E-state index contributed by atoms with van der Waals surface area (Å²) in [5.41, 5.74) is -0.446. The Bertz CT molecular complexity index is 1110. The van der Waals surface area contributed by atoms with Crippen LogP contribution in [-0.2, 0) is 16.1 Å². The van der Waals surface area contributed by atoms with Crippen molar-refractivity contribution >= 4 is 11.8 Å². The molecular weight excluding hydrogens is 490 g/mol. The topological polar surface area (TPSA) is 82.1 Å². The van der Waals surface area contributed by atoms with Crippen LogP contribution >= 0.6 is 0 Å². The van der Waals surface area contributed by atoms with Gasteiger partial charge in [-0.1, -0.05) is 62.9 Å². The minimum Gasteiger partial charge on any atom is -0.457 e. The lowest BCUT2D eigenvalue weighted by Gasteiger charge is -2.52. The lowest BCUT2D eigenvalue weighted by Crippen LogP contribution is -2.73. The predicted octanol–water partition coefficient (Wildman–Crippen LogP) is 5.03. The zero-order chi connectivity index (χ0) is 27.3. The van der Waals surface area contributed by atoms with E-state index in [0.717, 1.165) is 63.2 Å². The molecule has 0 radical (unpaired) electrons. The summed E-state index contributed by atoms with van der Waals surface area (Å²) in [7, 11) is 0. The van der Waals surface area contributed by atoms with Gasteiger partial charge in [0.05, 0.1) is 5.60 Å². The highest BCUT2D eigenvalue weighted by Gasteiger charge is 2.54. The van der Waals surface area contributed by atoms with E-state index in [9.17, 15) is 14.7 Å². The summed E-state index contributed by atoms with van der Waals surface area (Å²) in [6.45, 7) is 5.00. The normalized spacial score (nSPS) is 23.0. The van der Waals surface area contributed by atoms with E-state index < -0.39 is 17.2 Å². The number of carbonyl (C=O) groups excluding carboxylic acids is 2. The Kier molecular flexibility index (Phi) is 8.57. The molecule has 3 aliphatic rings. The monoisotopic (exact) mass is 533 g/mol. The Hall–Kier alpha value is -2.90. The highest BCUT2D eigenvalue weighted by atomic mass is 16.5. The minimum absolute atomic E-state index is 0.00972. The Balaban J connectivity index is 1.21. The quantitative estimate of drug-likeness (QED) is 0.473. The number of nitrogens with zero attached hydrogens (tertiary/aromatic N) is 2. The maximum Gasteiger partial charge on any atom is 0.246 e. The molecule has 39 heavy (non-hydrogen) atoms. The van der Waals surface area contributed by atoms with Gasteiger partial charge >= 0.3 is 0 Å². The Labute approximate surface area is 232 Å². The smallest absolute Gasteiger partial charge is 0.246 e. The van der Waals surface area contributed by atoms with Crippen LogP contribution in [0.15, 0.2) is 54.6 Å². The number of hydrogen-bond donors (Lipinski definition) is 2. The summed E-state index contributed by atoms with van der Waals surface area (Å²) >= 11 is 0. The molecule has 5 rings (SSSR count). The number of benzene rings is 2. The molecule has 0 unspecified atom stereocenters. The van der Waals surface area contributed by atoms with Gasteiger partial charge in [0.25, 0.3) is 0 Å². The van der Waals surface area contributed by atoms with Crippen LogP contribution in [-0.4, -0.2) is 63.5 Å². The number of hydrogen-bond acceptors (Lipinski definition) is 5. The van der Waals surface area contributed by atoms with Crippen molar-refractivity contribution in [1.82, 2.24) is 15.1 Å². The number of likely N-dealkylation sites (tertiary alicyclic amines) is 1. The van der Waals surface area contributed by atoms with E-state index in [1.165, 1.54) is 5.56 Å². The van der Waals surface area contributed by atoms with Gasteiger partial charge in [0.15, 0.2) is 0 Å². The number of amides is 2. The SMILES string of the molecule is CCCCN1C(=O)[C@@H](CC2(O)CCCCC2)NC(=O)C12CCN(Cc1ccc(Oc3ccccc3)cc1)CC2. The predicted molar refractivity (Wildman–Crippen MR) is 151 cm³/mol. The van der Waals surface area contributed by atoms with Gasteiger partial charge in [-0.05, 0) is 61.9 Å². The first-order chi connectivity index (χ1) is 18.9. The molecule has 2 amide bonds. The van der Waals surface area contributed by atoms with Gasteiger partial charge in [-0.3, -0.25) is 14.5 Å². The van der Waals surface area contributed by atoms with E-state index in [4.69, 9.17) is 4.74 Å². The van der Waals surface area contributed by atoms with Gasteiger partial charge in [0.2, 0.25) is 11.8 Å². The second kappa shape index (κ2) is 12.1. The molecule has 2 aromatic rings. The fourth-order valence-corrected chi connectivity index (χ4v) is 6.57. The molecule has 2 heterocycles. The maximum atomic E-state index is 13.8. The van der Waals surface area contributed by atoms with E-state index in [-0.39, 0.29) is 11.8 Å². The first-order valence-corrected chi connectivity index (χ1v) is 14.8. The van der Waals surface area contributed by atoms with Crippen LogP contribution < -0.4 is 10.1 Å². The van der Waals surface area contributed by atoms with Crippen LogP contribution in [0.4, 0.5) is 0 Å². The number of unbranched alkanes of at least 4 members (excludes halogenated alkanes) is 1. The van der Waals surface area contributed by atoms with Gasteiger partial charge in [0.1, 0.15) is 23.1 Å². The molecule has 2 aromatic carbocycles. The van der Waals surface area contributed by atoms with Crippen molar-refractivity contribution < 1.29 is 19.4 Å². The molecule has 7 heteroatoms. The highest BCUT2D eigenvalue weighted by Crippen LogP contribution is 2.37. The van der Waals surface area contributed by atoms with E-state index in [0.29, 0.717) is 38.6 Å². The fraction of sp³-hybridized carbons (Fsp3) is 0.562. The van der Waals surface area contributed by atoms with Crippen molar-refractivity contribution in [1.29, 1.82) is 0 Å². The van der Waals surface area contributed by atoms with Gasteiger partial charge in [-0.25, -0.2) is 0 Å². The van der Waals surface area contributed by atoms with Gasteiger partial charge in [-0.15, -0.1) is 0 Å². The Morgan fingerprint density at radius 3 is 2.26 bits per heavy atom. The van der Waals surface area contributed by atoms with E-state index >= 15 is 0 Å². The average molecular weight is 534 g/mol. The number of para-hydroxylation sites is 1. The Morgan fingerprint density at radius 2 is 1.59 bits per heavy atom. The number of piperazine rings is 1. The summed E-state index contributed by atoms with van der Waals surface area (Å²) in [5, 5.41) is 14.2. The van der Waals surface area contributed by atoms with E-state index in [2.05, 4.69) is 29.3 Å². The maximum absolute atomic E-state index is 13.8. The summed E-state index contributed by atoms with van der Waals surface area (Å²) < 4.78 is 5.92. The zero-order valence-corrected chi connectivity index (χ0v) is 23.2. The number of carbonyl (C=O) groups is 2. The summed E-state index contributed by atoms with van der Waals surface area (Å²) in [6.07, 6.45) is 7.92. The molecular formula is C32H43N3O4. The second-order valence-corrected chi connectivity index (χ2v) is 11.7. The zero-order valence-electron chi connectivity index (χ0n) is 23.2. The third kappa shape index (κ3) is 6.30. The number of rotatable bonds is 9. The largest absolute Gasteiger partial charge is 0.457 e. The third-order valence-corrected chi connectivity index (χ3v) is 8.90. The van der Waals surface area contributed by atoms with Crippen molar-refractivity contribution in [3.63, 3.8) is 0 Å². The van der Waals surface area contributed by atoms with Crippen molar-refractivity contribution in [2.75, 3.05) is 19.6 Å². The van der Waals surface area contributed by atoms with E-state index in [1.54, 1.807) is 0 Å². The standard InChI is InChI=1S/C32H43N3O4/c1-2-3-20-35-29(36)28(23-31(38)16-8-5-9-17-31)33-30(37)32(35)18-21-34(22-19-32)24-25-12-14-27(15-13-25)39-26-10-6-4-7-11-26/h4,6-7,10-15,28,38H,2-3,5,8-9,16-24H2,1H3,(H,33,37)/t28-/m1/s1. The second-order valence-electron chi connectivity index (χ2n) is 11.7. The van der Waals surface area contributed by atoms with Gasteiger partial charge < -0.3 is 20.1 Å². The Morgan fingerprint density at radius 1 is 0.923 bits per heavy atom. The number of nitrogens with one attached hydrogen (secondary N) is 1. The molecule has 0 aromatic heterocycles. The van der Waals surface area contributed by atoms with Crippen molar-refractivity contribution in [2.45, 2.75) is 94.9 Å². The van der Waals surface area contributed by atoms with Gasteiger partial charge in [0, 0.05) is 32.6 Å². The molecule has 1 atom stereocenters. The molecule has 1 saturated carbocycles.